The number of nitrogens with one attached hydrogen (secondary N) is 1. The predicted molar refractivity (Wildman–Crippen MR) is 151 cm³/mol. The fourth-order valence-corrected chi connectivity index (χ4v) is 6.00. The number of amides is 1. The fourth-order valence-electron chi connectivity index (χ4n) is 4.36. The van der Waals surface area contributed by atoms with E-state index in [-0.39, 0.29) is 11.7 Å². The van der Waals surface area contributed by atoms with Gasteiger partial charge in [0.2, 0.25) is 0 Å². The minimum absolute atomic E-state index is 0.180. The van der Waals surface area contributed by atoms with Gasteiger partial charge in [0.15, 0.2) is 11.0 Å². The molecule has 0 aliphatic carbocycles. The molecular weight excluding hydrogens is 522 g/mol. The van der Waals surface area contributed by atoms with Gasteiger partial charge in [-0.3, -0.25) is 9.52 Å². The molecule has 1 N–H and O–H groups in total. The maximum absolute atomic E-state index is 12.0. The van der Waals surface area contributed by atoms with Gasteiger partial charge in [-0.2, -0.15) is 0 Å². The summed E-state index contributed by atoms with van der Waals surface area (Å²) in [7, 11) is -4.46. The van der Waals surface area contributed by atoms with Crippen LogP contribution >= 0.6 is 0 Å². The molecule has 200 valence electrons. The molecule has 0 spiro atoms. The molecule has 38 heavy (non-hydrogen) atoms. The molecule has 1 heterocycles. The molecule has 0 bridgehead atoms. The van der Waals surface area contributed by atoms with Crippen LogP contribution in [0.25, 0.3) is 16.0 Å². The van der Waals surface area contributed by atoms with Crippen molar-refractivity contribution in [3.63, 3.8) is 0 Å². The maximum atomic E-state index is 12.0. The van der Waals surface area contributed by atoms with E-state index in [0.717, 1.165) is 33.6 Å². The lowest BCUT2D eigenvalue weighted by Gasteiger charge is -2.15. The Kier molecular flexibility index (Phi) is 8.69. The zero-order valence-corrected chi connectivity index (χ0v) is 23.3. The average molecular weight is 554 g/mol. The molecule has 1 aliphatic heterocycles. The van der Waals surface area contributed by atoms with Gasteiger partial charge in [-0.15, -0.1) is 0 Å². The number of carbonyl (C=O) groups is 1. The van der Waals surface area contributed by atoms with Crippen LogP contribution in [0.5, 0.6) is 11.5 Å². The first-order chi connectivity index (χ1) is 18.1. The molecule has 4 rings (SSSR count). The van der Waals surface area contributed by atoms with E-state index in [0.29, 0.717) is 42.3 Å². The predicted octanol–water partition coefficient (Wildman–Crippen LogP) is 4.89. The van der Waals surface area contributed by atoms with E-state index in [1.54, 1.807) is 24.3 Å². The van der Waals surface area contributed by atoms with Gasteiger partial charge in [0.25, 0.3) is 5.91 Å². The van der Waals surface area contributed by atoms with Crippen LogP contribution in [-0.4, -0.2) is 37.1 Å². The van der Waals surface area contributed by atoms with E-state index in [1.807, 2.05) is 24.3 Å². The smallest absolute Gasteiger partial charge is 0.257 e. The van der Waals surface area contributed by atoms with Crippen molar-refractivity contribution >= 4 is 31.6 Å². The van der Waals surface area contributed by atoms with Gasteiger partial charge in [0.05, 0.1) is 17.3 Å². The van der Waals surface area contributed by atoms with Crippen LogP contribution in [-0.2, 0) is 32.2 Å². The number of carbonyl (C=O) groups excluding carboxylic acids is 1. The van der Waals surface area contributed by atoms with Crippen LogP contribution in [0.15, 0.2) is 66.7 Å². The van der Waals surface area contributed by atoms with Crippen molar-refractivity contribution in [1.29, 1.82) is 0 Å². The van der Waals surface area contributed by atoms with Crippen LogP contribution in [0.1, 0.15) is 35.1 Å². The quantitative estimate of drug-likeness (QED) is 0.340. The lowest BCUT2D eigenvalue weighted by Crippen LogP contribution is -2.16. The first kappa shape index (κ1) is 27.6. The number of rotatable bonds is 11. The maximum Gasteiger partial charge on any atom is 0.257 e. The van der Waals surface area contributed by atoms with Gasteiger partial charge in [-0.05, 0) is 90.4 Å². The molecule has 1 unspecified atom stereocenters. The number of sulfone groups is 1. The zero-order valence-electron chi connectivity index (χ0n) is 21.7. The highest BCUT2D eigenvalue weighted by atomic mass is 32.2. The Hall–Kier alpha value is -3.43. The molecule has 7 nitrogen and oxygen atoms in total. The molecule has 3 aromatic carbocycles. The summed E-state index contributed by atoms with van der Waals surface area (Å²) >= 11 is 0. The van der Waals surface area contributed by atoms with Crippen LogP contribution in [0.4, 0.5) is 0 Å². The summed E-state index contributed by atoms with van der Waals surface area (Å²) < 4.78 is 48.7. The average Bonchev–Trinajstić information content (AvgIpc) is 3.20. The van der Waals surface area contributed by atoms with E-state index in [2.05, 4.69) is 30.7 Å². The van der Waals surface area contributed by atoms with Crippen LogP contribution in [0.2, 0.25) is 0 Å². The minimum atomic E-state index is -2.94. The van der Waals surface area contributed by atoms with Gasteiger partial charge < -0.3 is 9.47 Å². The summed E-state index contributed by atoms with van der Waals surface area (Å²) in [6, 6.07) is 19.4. The zero-order chi connectivity index (χ0) is 27.3. The molecule has 1 atom stereocenters. The number of hydrogen-bond donors (Lipinski definition) is 1. The molecule has 9 heteroatoms. The van der Waals surface area contributed by atoms with Crippen LogP contribution in [0, 0.1) is 13.8 Å². The molecule has 3 aromatic rings. The second-order valence-electron chi connectivity index (χ2n) is 9.37. The standard InChI is InChI=1S/C29H31NO6S2/c1-20-15-26(35-13-4-5-14-38(3,33)34)16-21(2)29(20)24-8-6-7-22(17-24)19-36-25-11-9-23(10-12-25)27-18-28(31)30-37(27)32/h6-12,15-18H,4-5,13-14,19H2,1-3H3,(H,30,31). The van der Waals surface area contributed by atoms with E-state index in [4.69, 9.17) is 9.47 Å². The topological polar surface area (TPSA) is 98.8 Å². The highest BCUT2D eigenvalue weighted by molar-refractivity contribution is 7.94. The highest BCUT2D eigenvalue weighted by Gasteiger charge is 2.20. The molecule has 1 amide bonds. The van der Waals surface area contributed by atoms with Crippen molar-refractivity contribution in [2.75, 3.05) is 18.6 Å². The van der Waals surface area contributed by atoms with Gasteiger partial charge >= 0.3 is 0 Å². The first-order valence-corrected chi connectivity index (χ1v) is 15.5. The number of ether oxygens (including phenoxy) is 2. The molecule has 0 saturated heterocycles. The van der Waals surface area contributed by atoms with Gasteiger partial charge in [-0.25, -0.2) is 12.6 Å². The van der Waals surface area contributed by atoms with E-state index >= 15 is 0 Å². The van der Waals surface area contributed by atoms with Crippen molar-refractivity contribution in [3.05, 3.63) is 89.0 Å². The summed E-state index contributed by atoms with van der Waals surface area (Å²) in [4.78, 5) is 11.9. The van der Waals surface area contributed by atoms with Gasteiger partial charge in [0, 0.05) is 12.3 Å². The molecule has 0 radical (unpaired) electrons. The van der Waals surface area contributed by atoms with E-state index < -0.39 is 20.8 Å². The Balaban J connectivity index is 1.38. The Bertz CT molecular complexity index is 1470. The van der Waals surface area contributed by atoms with Crippen molar-refractivity contribution in [3.8, 4) is 22.6 Å². The van der Waals surface area contributed by atoms with Crippen molar-refractivity contribution in [2.45, 2.75) is 33.3 Å². The molecular formula is C29H31NO6S2. The number of hydrogen-bond acceptors (Lipinski definition) is 6. The Morgan fingerprint density at radius 2 is 1.58 bits per heavy atom. The largest absolute Gasteiger partial charge is 0.494 e. The third kappa shape index (κ3) is 7.33. The molecule has 1 aliphatic rings. The first-order valence-electron chi connectivity index (χ1n) is 12.3. The monoisotopic (exact) mass is 553 g/mol. The molecule has 0 aromatic heterocycles. The SMILES string of the molecule is Cc1cc(OCCCCS(C)(=O)=O)cc(C)c1-c1cccc(COc2ccc(C3=CC(=O)NS3=O)cc2)c1. The van der Waals surface area contributed by atoms with Gasteiger partial charge in [-0.1, -0.05) is 30.3 Å². The minimum Gasteiger partial charge on any atom is -0.494 e. The Morgan fingerprint density at radius 3 is 2.21 bits per heavy atom. The summed E-state index contributed by atoms with van der Waals surface area (Å²) in [6.07, 6.45) is 3.88. The number of aryl methyl sites for hydroxylation is 2. The molecule has 0 saturated carbocycles. The van der Waals surface area contributed by atoms with Crippen LogP contribution in [0.3, 0.4) is 0 Å². The second-order valence-corrected chi connectivity index (χ2v) is 12.8. The Morgan fingerprint density at radius 1 is 0.868 bits per heavy atom. The number of unbranched alkanes of at least 4 members (excludes halogenated alkanes) is 1. The normalized spacial score (nSPS) is 15.2. The summed E-state index contributed by atoms with van der Waals surface area (Å²) in [6.45, 7) is 4.97. The molecule has 0 fully saturated rings. The van der Waals surface area contributed by atoms with Crippen molar-refractivity contribution < 1.29 is 26.9 Å². The van der Waals surface area contributed by atoms with Crippen molar-refractivity contribution in [2.24, 2.45) is 0 Å². The van der Waals surface area contributed by atoms with Gasteiger partial charge in [0.1, 0.15) is 27.9 Å². The summed E-state index contributed by atoms with van der Waals surface area (Å²) in [5, 5.41) is 0. The summed E-state index contributed by atoms with van der Waals surface area (Å²) in [5.74, 6) is 1.28. The Labute approximate surface area is 226 Å². The highest BCUT2D eigenvalue weighted by Crippen LogP contribution is 2.32. The van der Waals surface area contributed by atoms with E-state index in [9.17, 15) is 17.4 Å². The lowest BCUT2D eigenvalue weighted by atomic mass is 9.94. The second kappa shape index (κ2) is 12.0. The third-order valence-electron chi connectivity index (χ3n) is 6.10. The lowest BCUT2D eigenvalue weighted by molar-refractivity contribution is -0.114. The number of benzene rings is 3. The summed E-state index contributed by atoms with van der Waals surface area (Å²) in [5.41, 5.74) is 6.15. The third-order valence-corrected chi connectivity index (χ3v) is 8.27. The van der Waals surface area contributed by atoms with Crippen molar-refractivity contribution in [1.82, 2.24) is 4.72 Å². The van der Waals surface area contributed by atoms with Crippen LogP contribution < -0.4 is 14.2 Å². The van der Waals surface area contributed by atoms with E-state index in [1.165, 1.54) is 12.3 Å². The fraction of sp³-hybridized carbons (Fsp3) is 0.276.